The van der Waals surface area contributed by atoms with Crippen LogP contribution in [0.5, 0.6) is 0 Å². The first-order valence-corrected chi connectivity index (χ1v) is 8.57. The van der Waals surface area contributed by atoms with E-state index in [0.717, 1.165) is 24.1 Å². The maximum absolute atomic E-state index is 12.5. The zero-order valence-corrected chi connectivity index (χ0v) is 14.8. The lowest BCUT2D eigenvalue weighted by molar-refractivity contribution is -0.141. The molecule has 28 heavy (non-hydrogen) atoms. The van der Waals surface area contributed by atoms with E-state index in [9.17, 15) is 18.0 Å². The standard InChI is InChI=1S/C17H16F3N7O/c1-10-23-24-14-4-5-15(25-27(10)14)26-8-11(9-26)6-22-16(28)12-2-3-13(21-7-12)17(18,19)20/h2-5,7,11H,6,8-9H2,1H3,(H,22,28). The van der Waals surface area contributed by atoms with Gasteiger partial charge in [-0.05, 0) is 31.2 Å². The molecular formula is C17H16F3N7O. The molecule has 0 unspecified atom stereocenters. The normalized spacial score (nSPS) is 14.9. The van der Waals surface area contributed by atoms with Gasteiger partial charge in [0.25, 0.3) is 5.91 Å². The smallest absolute Gasteiger partial charge is 0.354 e. The summed E-state index contributed by atoms with van der Waals surface area (Å²) < 4.78 is 39.2. The number of amides is 1. The van der Waals surface area contributed by atoms with Crippen molar-refractivity contribution in [3.63, 3.8) is 0 Å². The topological polar surface area (TPSA) is 88.3 Å². The van der Waals surface area contributed by atoms with Crippen molar-refractivity contribution < 1.29 is 18.0 Å². The zero-order valence-electron chi connectivity index (χ0n) is 14.8. The molecule has 1 amide bonds. The van der Waals surface area contributed by atoms with Gasteiger partial charge >= 0.3 is 6.18 Å². The average Bonchev–Trinajstić information content (AvgIpc) is 3.00. The number of carbonyl (C=O) groups excluding carboxylic acids is 1. The number of rotatable bonds is 4. The van der Waals surface area contributed by atoms with Gasteiger partial charge in [-0.15, -0.1) is 15.3 Å². The third-order valence-corrected chi connectivity index (χ3v) is 4.55. The average molecular weight is 391 g/mol. The minimum atomic E-state index is -4.52. The molecule has 1 N–H and O–H groups in total. The first-order valence-electron chi connectivity index (χ1n) is 8.57. The number of aryl methyl sites for hydroxylation is 1. The van der Waals surface area contributed by atoms with E-state index < -0.39 is 17.8 Å². The predicted octanol–water partition coefficient (Wildman–Crippen LogP) is 1.71. The van der Waals surface area contributed by atoms with E-state index in [-0.39, 0.29) is 11.5 Å². The monoisotopic (exact) mass is 391 g/mol. The van der Waals surface area contributed by atoms with Crippen LogP contribution >= 0.6 is 0 Å². The largest absolute Gasteiger partial charge is 0.433 e. The quantitative estimate of drug-likeness (QED) is 0.729. The molecule has 146 valence electrons. The van der Waals surface area contributed by atoms with Gasteiger partial charge in [0.1, 0.15) is 11.5 Å². The van der Waals surface area contributed by atoms with Gasteiger partial charge in [0.15, 0.2) is 11.5 Å². The Balaban J connectivity index is 1.29. The number of nitrogens with one attached hydrogen (secondary N) is 1. The maximum Gasteiger partial charge on any atom is 0.433 e. The van der Waals surface area contributed by atoms with Crippen molar-refractivity contribution in [1.82, 2.24) is 30.1 Å². The second-order valence-electron chi connectivity index (χ2n) is 6.62. The number of pyridine rings is 1. The van der Waals surface area contributed by atoms with Crippen LogP contribution < -0.4 is 10.2 Å². The second kappa shape index (κ2) is 6.73. The summed E-state index contributed by atoms with van der Waals surface area (Å²) in [6.07, 6.45) is -3.58. The molecule has 0 spiro atoms. The number of hydrogen-bond donors (Lipinski definition) is 1. The van der Waals surface area contributed by atoms with Gasteiger partial charge in [0, 0.05) is 31.7 Å². The van der Waals surface area contributed by atoms with Crippen LogP contribution in [0, 0.1) is 12.8 Å². The molecule has 0 atom stereocenters. The molecular weight excluding hydrogens is 375 g/mol. The van der Waals surface area contributed by atoms with E-state index in [1.807, 2.05) is 19.1 Å². The lowest BCUT2D eigenvalue weighted by Crippen LogP contribution is -2.52. The number of fused-ring (bicyclic) bond motifs is 1. The summed E-state index contributed by atoms with van der Waals surface area (Å²) in [6, 6.07) is 5.63. The Bertz CT molecular complexity index is 1010. The summed E-state index contributed by atoms with van der Waals surface area (Å²) in [5, 5.41) is 15.2. The van der Waals surface area contributed by atoms with Crippen LogP contribution in [0.2, 0.25) is 0 Å². The summed E-state index contributed by atoms with van der Waals surface area (Å²) >= 11 is 0. The molecule has 1 saturated heterocycles. The third-order valence-electron chi connectivity index (χ3n) is 4.55. The van der Waals surface area contributed by atoms with Crippen molar-refractivity contribution >= 4 is 17.4 Å². The zero-order chi connectivity index (χ0) is 19.9. The molecule has 4 rings (SSSR count). The highest BCUT2D eigenvalue weighted by atomic mass is 19.4. The van der Waals surface area contributed by atoms with E-state index in [1.165, 1.54) is 0 Å². The SMILES string of the molecule is Cc1nnc2ccc(N3CC(CNC(=O)c4ccc(C(F)(F)F)nc4)C3)nn12. The Morgan fingerprint density at radius 1 is 1.21 bits per heavy atom. The minimum absolute atomic E-state index is 0.0966. The van der Waals surface area contributed by atoms with E-state index in [4.69, 9.17) is 0 Å². The van der Waals surface area contributed by atoms with Gasteiger partial charge in [-0.2, -0.15) is 17.7 Å². The van der Waals surface area contributed by atoms with Crippen LogP contribution in [0.3, 0.4) is 0 Å². The van der Waals surface area contributed by atoms with Crippen molar-refractivity contribution in [1.29, 1.82) is 0 Å². The molecule has 0 aromatic carbocycles. The van der Waals surface area contributed by atoms with E-state index in [1.54, 1.807) is 4.52 Å². The van der Waals surface area contributed by atoms with Crippen molar-refractivity contribution in [2.24, 2.45) is 5.92 Å². The molecule has 11 heteroatoms. The van der Waals surface area contributed by atoms with Crippen LogP contribution in [0.15, 0.2) is 30.5 Å². The Morgan fingerprint density at radius 3 is 2.68 bits per heavy atom. The lowest BCUT2D eigenvalue weighted by Gasteiger charge is -2.40. The molecule has 4 heterocycles. The molecule has 0 bridgehead atoms. The molecule has 3 aromatic heterocycles. The van der Waals surface area contributed by atoms with Gasteiger partial charge in [-0.3, -0.25) is 9.78 Å². The van der Waals surface area contributed by atoms with Gasteiger partial charge in [-0.1, -0.05) is 0 Å². The number of alkyl halides is 3. The summed E-state index contributed by atoms with van der Waals surface area (Å²) in [7, 11) is 0. The van der Waals surface area contributed by atoms with Crippen molar-refractivity contribution in [2.45, 2.75) is 13.1 Å². The Kier molecular flexibility index (Phi) is 4.36. The van der Waals surface area contributed by atoms with Crippen LogP contribution in [0.25, 0.3) is 5.65 Å². The molecule has 0 radical (unpaired) electrons. The van der Waals surface area contributed by atoms with E-state index >= 15 is 0 Å². The molecule has 3 aromatic rings. The summed E-state index contributed by atoms with van der Waals surface area (Å²) in [5.74, 6) is 1.28. The molecule has 8 nitrogen and oxygen atoms in total. The Morgan fingerprint density at radius 2 is 2.00 bits per heavy atom. The number of hydrogen-bond acceptors (Lipinski definition) is 6. The summed E-state index contributed by atoms with van der Waals surface area (Å²) in [6.45, 7) is 3.67. The number of aromatic nitrogens is 5. The number of carbonyl (C=O) groups is 1. The highest BCUT2D eigenvalue weighted by Gasteiger charge is 2.32. The van der Waals surface area contributed by atoms with Crippen molar-refractivity contribution in [3.05, 3.63) is 47.5 Å². The van der Waals surface area contributed by atoms with Gasteiger partial charge in [-0.25, -0.2) is 0 Å². The van der Waals surface area contributed by atoms with Crippen LogP contribution in [0.1, 0.15) is 21.9 Å². The molecule has 1 aliphatic rings. The van der Waals surface area contributed by atoms with Crippen molar-refractivity contribution in [3.8, 4) is 0 Å². The van der Waals surface area contributed by atoms with Gasteiger partial charge < -0.3 is 10.2 Å². The second-order valence-corrected chi connectivity index (χ2v) is 6.62. The highest BCUT2D eigenvalue weighted by molar-refractivity contribution is 5.93. The van der Waals surface area contributed by atoms with E-state index in [0.29, 0.717) is 31.1 Å². The Hall–Kier alpha value is -3.24. The molecule has 1 fully saturated rings. The minimum Gasteiger partial charge on any atom is -0.354 e. The van der Waals surface area contributed by atoms with Crippen LogP contribution in [-0.2, 0) is 6.18 Å². The number of nitrogens with zero attached hydrogens (tertiary/aromatic N) is 6. The Labute approximate surface area is 157 Å². The van der Waals surface area contributed by atoms with Gasteiger partial charge in [0.05, 0.1) is 5.56 Å². The third kappa shape index (κ3) is 3.47. The predicted molar refractivity (Wildman–Crippen MR) is 92.8 cm³/mol. The van der Waals surface area contributed by atoms with Gasteiger partial charge in [0.2, 0.25) is 0 Å². The first kappa shape index (κ1) is 18.1. The highest BCUT2D eigenvalue weighted by Crippen LogP contribution is 2.27. The molecule has 0 saturated carbocycles. The fourth-order valence-corrected chi connectivity index (χ4v) is 2.98. The maximum atomic E-state index is 12.5. The number of anilines is 1. The molecule has 1 aliphatic heterocycles. The molecule has 0 aliphatic carbocycles. The summed E-state index contributed by atoms with van der Waals surface area (Å²) in [5.41, 5.74) is -0.249. The van der Waals surface area contributed by atoms with Crippen molar-refractivity contribution in [2.75, 3.05) is 24.5 Å². The lowest BCUT2D eigenvalue weighted by atomic mass is 10.00. The first-order chi connectivity index (χ1) is 13.3. The fourth-order valence-electron chi connectivity index (χ4n) is 2.98. The van der Waals surface area contributed by atoms with Crippen LogP contribution in [-0.4, -0.2) is 50.3 Å². The number of halogens is 3. The summed E-state index contributed by atoms with van der Waals surface area (Å²) in [4.78, 5) is 17.4. The van der Waals surface area contributed by atoms with E-state index in [2.05, 4.69) is 30.5 Å². The van der Waals surface area contributed by atoms with Crippen LogP contribution in [0.4, 0.5) is 19.0 Å². The fraction of sp³-hybridized carbons (Fsp3) is 0.353.